The molecule has 0 spiro atoms. The lowest BCUT2D eigenvalue weighted by atomic mass is 10.2. The Morgan fingerprint density at radius 1 is 1.09 bits per heavy atom. The van der Waals surface area contributed by atoms with Crippen LogP contribution in [0.1, 0.15) is 41.7 Å². The van der Waals surface area contributed by atoms with Gasteiger partial charge in [0, 0.05) is 17.6 Å². The Morgan fingerprint density at radius 3 is 2.48 bits per heavy atom. The van der Waals surface area contributed by atoms with E-state index < -0.39 is 0 Å². The fraction of sp³-hybridized carbons (Fsp3) is 0.353. The van der Waals surface area contributed by atoms with Crippen LogP contribution in [0.25, 0.3) is 0 Å². The number of carbonyl (C=O) groups excluding carboxylic acids is 1. The van der Waals surface area contributed by atoms with Crippen LogP contribution in [0.15, 0.2) is 36.4 Å². The Bertz CT molecular complexity index is 651. The van der Waals surface area contributed by atoms with Crippen molar-refractivity contribution in [2.24, 2.45) is 0 Å². The number of hydrogen-bond acceptors (Lipinski definition) is 4. The van der Waals surface area contributed by atoms with Gasteiger partial charge >= 0.3 is 0 Å². The molecule has 0 bridgehead atoms. The lowest BCUT2D eigenvalue weighted by molar-refractivity contribution is 0.0932. The lowest BCUT2D eigenvalue weighted by Crippen LogP contribution is -2.33. The quantitative estimate of drug-likeness (QED) is 0.881. The Morgan fingerprint density at radius 2 is 1.83 bits per heavy atom. The standard InChI is InChI=1S/C17H19ClN4O/c18-13-7-5-12(6-8-13)11-19-16-10-9-15(21-22-16)17(23)20-14-3-1-2-4-14/h5-10,14H,1-4,11H2,(H,19,22)(H,20,23). The predicted octanol–water partition coefficient (Wildman–Crippen LogP) is 3.41. The normalized spacial score (nSPS) is 14.7. The Balaban J connectivity index is 1.53. The van der Waals surface area contributed by atoms with E-state index in [1.54, 1.807) is 12.1 Å². The molecule has 1 aliphatic carbocycles. The maximum atomic E-state index is 12.1. The molecule has 0 saturated heterocycles. The molecule has 1 fully saturated rings. The molecule has 1 saturated carbocycles. The zero-order valence-corrected chi connectivity index (χ0v) is 13.5. The van der Waals surface area contributed by atoms with Gasteiger partial charge in [-0.3, -0.25) is 4.79 Å². The van der Waals surface area contributed by atoms with Crippen LogP contribution >= 0.6 is 11.6 Å². The van der Waals surface area contributed by atoms with Gasteiger partial charge in [0.15, 0.2) is 5.69 Å². The van der Waals surface area contributed by atoms with Gasteiger partial charge in [-0.25, -0.2) is 0 Å². The second-order valence-corrected chi connectivity index (χ2v) is 6.18. The number of nitrogens with one attached hydrogen (secondary N) is 2. The number of carbonyl (C=O) groups is 1. The van der Waals surface area contributed by atoms with Crippen LogP contribution in [0.3, 0.4) is 0 Å². The Labute approximate surface area is 140 Å². The van der Waals surface area contributed by atoms with Gasteiger partial charge in [-0.15, -0.1) is 10.2 Å². The maximum absolute atomic E-state index is 12.1. The van der Waals surface area contributed by atoms with Crippen molar-refractivity contribution in [3.63, 3.8) is 0 Å². The van der Waals surface area contributed by atoms with Crippen molar-refractivity contribution in [3.05, 3.63) is 52.7 Å². The van der Waals surface area contributed by atoms with Crippen molar-refractivity contribution in [2.75, 3.05) is 5.32 Å². The summed E-state index contributed by atoms with van der Waals surface area (Å²) in [5.41, 5.74) is 1.45. The van der Waals surface area contributed by atoms with Crippen LogP contribution in [-0.4, -0.2) is 22.1 Å². The number of benzene rings is 1. The molecule has 1 heterocycles. The van der Waals surface area contributed by atoms with Gasteiger partial charge in [-0.2, -0.15) is 0 Å². The Hall–Kier alpha value is -2.14. The first-order valence-corrected chi connectivity index (χ1v) is 8.21. The summed E-state index contributed by atoms with van der Waals surface area (Å²) in [6.07, 6.45) is 4.48. The zero-order valence-electron chi connectivity index (χ0n) is 12.8. The summed E-state index contributed by atoms with van der Waals surface area (Å²) in [6.45, 7) is 0.624. The molecule has 1 aliphatic rings. The third-order valence-corrected chi connectivity index (χ3v) is 4.23. The van der Waals surface area contributed by atoms with Crippen LogP contribution in [0.4, 0.5) is 5.82 Å². The van der Waals surface area contributed by atoms with E-state index in [0.717, 1.165) is 18.4 Å². The minimum absolute atomic E-state index is 0.145. The van der Waals surface area contributed by atoms with Gasteiger partial charge in [-0.05, 0) is 42.7 Å². The summed E-state index contributed by atoms with van der Waals surface area (Å²) in [7, 11) is 0. The summed E-state index contributed by atoms with van der Waals surface area (Å²) in [6, 6.07) is 11.3. The van der Waals surface area contributed by atoms with E-state index in [0.29, 0.717) is 23.1 Å². The van der Waals surface area contributed by atoms with Crippen LogP contribution in [0.2, 0.25) is 5.02 Å². The summed E-state index contributed by atoms with van der Waals surface area (Å²) in [4.78, 5) is 12.1. The molecular formula is C17H19ClN4O. The number of hydrogen-bond donors (Lipinski definition) is 2. The van der Waals surface area contributed by atoms with E-state index in [9.17, 15) is 4.79 Å². The molecule has 0 radical (unpaired) electrons. The third kappa shape index (κ3) is 4.42. The van der Waals surface area contributed by atoms with Crippen LogP contribution in [0, 0.1) is 0 Å². The van der Waals surface area contributed by atoms with Crippen molar-refractivity contribution >= 4 is 23.3 Å². The van der Waals surface area contributed by atoms with Gasteiger partial charge in [-0.1, -0.05) is 36.6 Å². The van der Waals surface area contributed by atoms with E-state index >= 15 is 0 Å². The highest BCUT2D eigenvalue weighted by molar-refractivity contribution is 6.30. The summed E-state index contributed by atoms with van der Waals surface area (Å²) in [5.74, 6) is 0.492. The molecule has 3 rings (SSSR count). The molecular weight excluding hydrogens is 312 g/mol. The van der Waals surface area contributed by atoms with Gasteiger partial charge in [0.1, 0.15) is 5.82 Å². The SMILES string of the molecule is O=C(NC1CCCC1)c1ccc(NCc2ccc(Cl)cc2)nn1. The minimum atomic E-state index is -0.145. The minimum Gasteiger partial charge on any atom is -0.365 e. The van der Waals surface area contributed by atoms with Crippen molar-refractivity contribution in [3.8, 4) is 0 Å². The van der Waals surface area contributed by atoms with Crippen molar-refractivity contribution in [2.45, 2.75) is 38.3 Å². The van der Waals surface area contributed by atoms with Crippen LogP contribution in [-0.2, 0) is 6.54 Å². The second kappa shape index (κ2) is 7.42. The molecule has 23 heavy (non-hydrogen) atoms. The molecule has 0 atom stereocenters. The number of nitrogens with zero attached hydrogens (tertiary/aromatic N) is 2. The summed E-state index contributed by atoms with van der Waals surface area (Å²) >= 11 is 5.86. The monoisotopic (exact) mass is 330 g/mol. The number of aromatic nitrogens is 2. The van der Waals surface area contributed by atoms with E-state index in [1.165, 1.54) is 12.8 Å². The fourth-order valence-electron chi connectivity index (χ4n) is 2.67. The van der Waals surface area contributed by atoms with Gasteiger partial charge in [0.25, 0.3) is 5.91 Å². The summed E-state index contributed by atoms with van der Waals surface area (Å²) in [5, 5.41) is 14.9. The zero-order chi connectivity index (χ0) is 16.1. The number of amides is 1. The third-order valence-electron chi connectivity index (χ3n) is 3.97. The molecule has 1 amide bonds. The fourth-order valence-corrected chi connectivity index (χ4v) is 2.80. The van der Waals surface area contributed by atoms with Crippen LogP contribution in [0.5, 0.6) is 0 Å². The molecule has 5 nitrogen and oxygen atoms in total. The molecule has 1 aromatic carbocycles. The molecule has 6 heteroatoms. The number of halogens is 1. The van der Waals surface area contributed by atoms with E-state index in [1.807, 2.05) is 24.3 Å². The lowest BCUT2D eigenvalue weighted by Gasteiger charge is -2.11. The Kier molecular flexibility index (Phi) is 5.08. The molecule has 0 unspecified atom stereocenters. The first-order chi connectivity index (χ1) is 11.2. The average molecular weight is 331 g/mol. The van der Waals surface area contributed by atoms with Gasteiger partial charge in [0.05, 0.1) is 0 Å². The number of anilines is 1. The number of rotatable bonds is 5. The van der Waals surface area contributed by atoms with Crippen molar-refractivity contribution < 1.29 is 4.79 Å². The molecule has 2 aromatic rings. The smallest absolute Gasteiger partial charge is 0.272 e. The highest BCUT2D eigenvalue weighted by Gasteiger charge is 2.18. The highest BCUT2D eigenvalue weighted by Crippen LogP contribution is 2.18. The van der Waals surface area contributed by atoms with Crippen molar-refractivity contribution in [1.82, 2.24) is 15.5 Å². The van der Waals surface area contributed by atoms with E-state index in [4.69, 9.17) is 11.6 Å². The topological polar surface area (TPSA) is 66.9 Å². The molecule has 1 aromatic heterocycles. The second-order valence-electron chi connectivity index (χ2n) is 5.74. The first kappa shape index (κ1) is 15.7. The van der Waals surface area contributed by atoms with Gasteiger partial charge < -0.3 is 10.6 Å². The van der Waals surface area contributed by atoms with E-state index in [2.05, 4.69) is 20.8 Å². The maximum Gasteiger partial charge on any atom is 0.272 e. The first-order valence-electron chi connectivity index (χ1n) is 7.83. The largest absolute Gasteiger partial charge is 0.365 e. The summed E-state index contributed by atoms with van der Waals surface area (Å²) < 4.78 is 0. The average Bonchev–Trinajstić information content (AvgIpc) is 3.08. The van der Waals surface area contributed by atoms with Crippen LogP contribution < -0.4 is 10.6 Å². The molecule has 120 valence electrons. The van der Waals surface area contributed by atoms with Gasteiger partial charge in [0.2, 0.25) is 0 Å². The molecule has 0 aliphatic heterocycles. The molecule has 2 N–H and O–H groups in total. The van der Waals surface area contributed by atoms with Crippen molar-refractivity contribution in [1.29, 1.82) is 0 Å². The highest BCUT2D eigenvalue weighted by atomic mass is 35.5. The van der Waals surface area contributed by atoms with E-state index in [-0.39, 0.29) is 11.9 Å². The predicted molar refractivity (Wildman–Crippen MR) is 90.5 cm³/mol.